The fourth-order valence-electron chi connectivity index (χ4n) is 1.50. The summed E-state index contributed by atoms with van der Waals surface area (Å²) in [6.45, 7) is 1.20. The van der Waals surface area contributed by atoms with Gasteiger partial charge < -0.3 is 14.2 Å². The van der Waals surface area contributed by atoms with Crippen LogP contribution in [0.1, 0.15) is 12.8 Å². The predicted molar refractivity (Wildman–Crippen MR) is 58.7 cm³/mol. The van der Waals surface area contributed by atoms with Crippen LogP contribution in [0.2, 0.25) is 0 Å². The number of nitrogens with one attached hydrogen (secondary N) is 1. The first kappa shape index (κ1) is 11.8. The zero-order chi connectivity index (χ0) is 12.1. The monoisotopic (exact) mass is 241 g/mol. The second-order valence-electron chi connectivity index (χ2n) is 3.52. The second-order valence-corrected chi connectivity index (χ2v) is 3.52. The lowest BCUT2D eigenvalue weighted by molar-refractivity contribution is 0.0642. The molecule has 8 nitrogen and oxygen atoms in total. The van der Waals surface area contributed by atoms with Gasteiger partial charge in [-0.3, -0.25) is 5.43 Å². The summed E-state index contributed by atoms with van der Waals surface area (Å²) in [5.41, 5.74) is 2.32. The lowest BCUT2D eigenvalue weighted by atomic mass is 10.2. The molecule has 8 heteroatoms. The molecule has 1 saturated heterocycles. The van der Waals surface area contributed by atoms with Crippen LogP contribution in [0.25, 0.3) is 0 Å². The minimum absolute atomic E-state index is 0.104. The van der Waals surface area contributed by atoms with Gasteiger partial charge in [0, 0.05) is 6.61 Å². The Labute approximate surface area is 98.5 Å². The lowest BCUT2D eigenvalue weighted by Gasteiger charge is -2.10. The summed E-state index contributed by atoms with van der Waals surface area (Å²) >= 11 is 0. The highest BCUT2D eigenvalue weighted by Gasteiger charge is 2.17. The zero-order valence-electron chi connectivity index (χ0n) is 9.55. The molecule has 1 aromatic rings. The van der Waals surface area contributed by atoms with Crippen LogP contribution in [0.5, 0.6) is 12.0 Å². The van der Waals surface area contributed by atoms with E-state index >= 15 is 0 Å². The van der Waals surface area contributed by atoms with Crippen molar-refractivity contribution >= 4 is 5.95 Å². The maximum absolute atomic E-state index is 5.42. The van der Waals surface area contributed by atoms with Gasteiger partial charge in [-0.05, 0) is 12.8 Å². The van der Waals surface area contributed by atoms with E-state index in [2.05, 4.69) is 20.4 Å². The summed E-state index contributed by atoms with van der Waals surface area (Å²) in [5.74, 6) is 5.42. The minimum atomic E-state index is 0.104. The van der Waals surface area contributed by atoms with Gasteiger partial charge in [0.25, 0.3) is 0 Å². The van der Waals surface area contributed by atoms with Crippen LogP contribution in [0.3, 0.4) is 0 Å². The first-order valence-corrected chi connectivity index (χ1v) is 5.33. The molecule has 1 aliphatic heterocycles. The van der Waals surface area contributed by atoms with Gasteiger partial charge in [-0.2, -0.15) is 9.97 Å². The smallest absolute Gasteiger partial charge is 0.324 e. The Morgan fingerprint density at radius 2 is 2.24 bits per heavy atom. The molecule has 17 heavy (non-hydrogen) atoms. The van der Waals surface area contributed by atoms with Crippen molar-refractivity contribution in [2.24, 2.45) is 5.84 Å². The molecule has 1 atom stereocenters. The van der Waals surface area contributed by atoms with Gasteiger partial charge in [-0.25, -0.2) is 5.84 Å². The van der Waals surface area contributed by atoms with Crippen molar-refractivity contribution in [3.8, 4) is 12.0 Å². The second kappa shape index (κ2) is 5.60. The number of ether oxygens (including phenoxy) is 3. The highest BCUT2D eigenvalue weighted by atomic mass is 16.5. The first-order chi connectivity index (χ1) is 8.31. The summed E-state index contributed by atoms with van der Waals surface area (Å²) in [6, 6.07) is 0.315. The fraction of sp³-hybridized carbons (Fsp3) is 0.667. The molecule has 0 radical (unpaired) electrons. The molecule has 94 valence electrons. The maximum Gasteiger partial charge on any atom is 0.324 e. The summed E-state index contributed by atoms with van der Waals surface area (Å²) in [6.07, 6.45) is 2.15. The van der Waals surface area contributed by atoms with Gasteiger partial charge in [-0.1, -0.05) is 0 Å². The van der Waals surface area contributed by atoms with Crippen LogP contribution in [-0.4, -0.2) is 41.4 Å². The van der Waals surface area contributed by atoms with Crippen molar-refractivity contribution in [2.45, 2.75) is 18.9 Å². The first-order valence-electron chi connectivity index (χ1n) is 5.33. The van der Waals surface area contributed by atoms with Crippen molar-refractivity contribution in [1.82, 2.24) is 15.0 Å². The number of nitrogen functional groups attached to an aromatic ring is 1. The van der Waals surface area contributed by atoms with Crippen molar-refractivity contribution in [1.29, 1.82) is 0 Å². The number of hydrazine groups is 1. The number of hydrogen-bond donors (Lipinski definition) is 2. The molecule has 2 heterocycles. The van der Waals surface area contributed by atoms with Gasteiger partial charge in [0.05, 0.1) is 13.2 Å². The Morgan fingerprint density at radius 1 is 1.41 bits per heavy atom. The van der Waals surface area contributed by atoms with Crippen LogP contribution in [0.4, 0.5) is 5.95 Å². The van der Waals surface area contributed by atoms with E-state index in [0.29, 0.717) is 6.61 Å². The Hall–Kier alpha value is -1.67. The van der Waals surface area contributed by atoms with E-state index in [1.807, 2.05) is 0 Å². The summed E-state index contributed by atoms with van der Waals surface area (Å²) < 4.78 is 15.7. The minimum Gasteiger partial charge on any atom is -0.467 e. The van der Waals surface area contributed by atoms with E-state index in [4.69, 9.17) is 20.1 Å². The van der Waals surface area contributed by atoms with Gasteiger partial charge in [0.2, 0.25) is 5.95 Å². The van der Waals surface area contributed by atoms with Crippen LogP contribution in [0, 0.1) is 0 Å². The van der Waals surface area contributed by atoms with Crippen molar-refractivity contribution < 1.29 is 14.2 Å². The highest BCUT2D eigenvalue weighted by Crippen LogP contribution is 2.15. The predicted octanol–water partition coefficient (Wildman–Crippen LogP) is -0.276. The average Bonchev–Trinajstić information content (AvgIpc) is 2.89. The molecule has 1 fully saturated rings. The van der Waals surface area contributed by atoms with Crippen LogP contribution in [0.15, 0.2) is 0 Å². The molecule has 1 aliphatic rings. The molecule has 0 aromatic carbocycles. The molecule has 0 amide bonds. The number of rotatable bonds is 5. The van der Waals surface area contributed by atoms with Gasteiger partial charge >= 0.3 is 12.0 Å². The Bertz CT molecular complexity index is 347. The molecule has 1 aromatic heterocycles. The maximum atomic E-state index is 5.42. The van der Waals surface area contributed by atoms with E-state index in [1.54, 1.807) is 0 Å². The molecule has 2 rings (SSSR count). The molecular weight excluding hydrogens is 226 g/mol. The number of aromatic nitrogens is 3. The molecular formula is C9H15N5O3. The van der Waals surface area contributed by atoms with Crippen molar-refractivity contribution in [3.05, 3.63) is 0 Å². The molecule has 1 unspecified atom stereocenters. The third kappa shape index (κ3) is 3.14. The van der Waals surface area contributed by atoms with Gasteiger partial charge in [0.15, 0.2) is 0 Å². The number of nitrogens with two attached hydrogens (primary N) is 1. The van der Waals surface area contributed by atoms with Gasteiger partial charge in [-0.15, -0.1) is 4.98 Å². The number of nitrogens with zero attached hydrogens (tertiary/aromatic N) is 3. The quantitative estimate of drug-likeness (QED) is 0.536. The van der Waals surface area contributed by atoms with Crippen LogP contribution >= 0.6 is 0 Å². The normalized spacial score (nSPS) is 19.1. The number of hydrogen-bond acceptors (Lipinski definition) is 8. The van der Waals surface area contributed by atoms with E-state index in [-0.39, 0.29) is 24.1 Å². The Balaban J connectivity index is 1.98. The highest BCUT2D eigenvalue weighted by molar-refractivity contribution is 5.25. The van der Waals surface area contributed by atoms with E-state index in [9.17, 15) is 0 Å². The molecule has 0 bridgehead atoms. The van der Waals surface area contributed by atoms with Crippen LogP contribution < -0.4 is 20.7 Å². The number of methoxy groups -OCH3 is 1. The van der Waals surface area contributed by atoms with E-state index < -0.39 is 0 Å². The third-order valence-electron chi connectivity index (χ3n) is 2.33. The van der Waals surface area contributed by atoms with Gasteiger partial charge in [0.1, 0.15) is 6.61 Å². The zero-order valence-corrected chi connectivity index (χ0v) is 9.55. The molecule has 0 spiro atoms. The summed E-state index contributed by atoms with van der Waals surface area (Å²) in [4.78, 5) is 11.7. The number of anilines is 1. The fourth-order valence-corrected chi connectivity index (χ4v) is 1.50. The average molecular weight is 241 g/mol. The van der Waals surface area contributed by atoms with E-state index in [1.165, 1.54) is 7.11 Å². The van der Waals surface area contributed by atoms with E-state index in [0.717, 1.165) is 19.4 Å². The SMILES string of the molecule is COc1nc(NN)nc(OCC2CCCO2)n1. The van der Waals surface area contributed by atoms with Crippen LogP contribution in [-0.2, 0) is 4.74 Å². The summed E-state index contributed by atoms with van der Waals surface area (Å²) in [5, 5.41) is 0. The standard InChI is InChI=1S/C9H15N5O3/c1-15-8-11-7(14-10)12-9(13-8)17-5-6-3-2-4-16-6/h6H,2-5,10H2,1H3,(H,11,12,13,14). The third-order valence-corrected chi connectivity index (χ3v) is 2.33. The van der Waals surface area contributed by atoms with Crippen molar-refractivity contribution in [3.63, 3.8) is 0 Å². The lowest BCUT2D eigenvalue weighted by Crippen LogP contribution is -2.18. The molecule has 0 aliphatic carbocycles. The Morgan fingerprint density at radius 3 is 2.88 bits per heavy atom. The molecule has 3 N–H and O–H groups in total. The summed E-state index contributed by atoms with van der Waals surface area (Å²) in [7, 11) is 1.46. The molecule has 0 saturated carbocycles. The Kier molecular flexibility index (Phi) is 3.89. The topological polar surface area (TPSA) is 104 Å². The van der Waals surface area contributed by atoms with Crippen molar-refractivity contribution in [2.75, 3.05) is 25.7 Å². The largest absolute Gasteiger partial charge is 0.467 e.